The van der Waals surface area contributed by atoms with Crippen LogP contribution in [-0.2, 0) is 6.54 Å². The molecule has 0 bridgehead atoms. The number of thioether (sulfide) groups is 1. The zero-order valence-corrected chi connectivity index (χ0v) is 12.6. The highest BCUT2D eigenvalue weighted by atomic mass is 35.5. The molecule has 0 N–H and O–H groups in total. The van der Waals surface area contributed by atoms with E-state index in [1.165, 1.54) is 12.5 Å². The molecule has 6 heteroatoms. The van der Waals surface area contributed by atoms with E-state index in [1.807, 2.05) is 11.8 Å². The van der Waals surface area contributed by atoms with E-state index in [2.05, 4.69) is 4.98 Å². The Morgan fingerprint density at radius 3 is 2.95 bits per heavy atom. The van der Waals surface area contributed by atoms with Gasteiger partial charge in [0.25, 0.3) is 0 Å². The molecule has 2 unspecified atom stereocenters. The van der Waals surface area contributed by atoms with E-state index in [-0.39, 0.29) is 10.9 Å². The van der Waals surface area contributed by atoms with Crippen LogP contribution in [0.5, 0.6) is 0 Å². The zero-order valence-electron chi connectivity index (χ0n) is 11.1. The first-order valence-electron chi connectivity index (χ1n) is 6.67. The van der Waals surface area contributed by atoms with Crippen molar-refractivity contribution in [1.29, 1.82) is 0 Å². The van der Waals surface area contributed by atoms with Gasteiger partial charge in [-0.3, -0.25) is 0 Å². The highest BCUT2D eigenvalue weighted by molar-refractivity contribution is 8.00. The predicted molar refractivity (Wildman–Crippen MR) is 79.4 cm³/mol. The number of rotatable bonds is 3. The van der Waals surface area contributed by atoms with Crippen LogP contribution in [0.15, 0.2) is 12.1 Å². The Morgan fingerprint density at radius 2 is 2.30 bits per heavy atom. The van der Waals surface area contributed by atoms with Crippen LogP contribution in [0.2, 0.25) is 0 Å². The second-order valence-corrected chi connectivity index (χ2v) is 7.12. The summed E-state index contributed by atoms with van der Waals surface area (Å²) >= 11 is 8.02. The molecule has 108 valence electrons. The Bertz CT molecular complexity index is 636. The summed E-state index contributed by atoms with van der Waals surface area (Å²) in [4.78, 5) is 4.37. The SMILES string of the molecule is CC(Cl)c1nc2ccc(F)c(F)c2n1CC1CCCS1. The summed E-state index contributed by atoms with van der Waals surface area (Å²) < 4.78 is 29.4. The van der Waals surface area contributed by atoms with Crippen molar-refractivity contribution in [3.8, 4) is 0 Å². The van der Waals surface area contributed by atoms with Crippen molar-refractivity contribution in [3.63, 3.8) is 0 Å². The molecule has 0 radical (unpaired) electrons. The van der Waals surface area contributed by atoms with Gasteiger partial charge in [0.05, 0.1) is 10.9 Å². The molecule has 0 spiro atoms. The minimum Gasteiger partial charge on any atom is -0.323 e. The molecule has 0 aliphatic carbocycles. The average Bonchev–Trinajstić information content (AvgIpc) is 3.02. The molecule has 1 aliphatic rings. The summed E-state index contributed by atoms with van der Waals surface area (Å²) in [6.45, 7) is 2.43. The molecule has 1 aliphatic heterocycles. The first-order valence-corrected chi connectivity index (χ1v) is 8.16. The van der Waals surface area contributed by atoms with E-state index in [4.69, 9.17) is 11.6 Å². The van der Waals surface area contributed by atoms with Gasteiger partial charge >= 0.3 is 0 Å². The van der Waals surface area contributed by atoms with E-state index >= 15 is 0 Å². The maximum Gasteiger partial charge on any atom is 0.184 e. The van der Waals surface area contributed by atoms with E-state index in [1.54, 1.807) is 11.5 Å². The van der Waals surface area contributed by atoms with Crippen LogP contribution in [0, 0.1) is 11.6 Å². The van der Waals surface area contributed by atoms with Gasteiger partial charge in [-0.05, 0) is 37.7 Å². The van der Waals surface area contributed by atoms with Crippen molar-refractivity contribution in [2.45, 2.75) is 36.9 Å². The zero-order chi connectivity index (χ0) is 14.3. The first-order chi connectivity index (χ1) is 9.58. The smallest absolute Gasteiger partial charge is 0.184 e. The molecule has 2 heterocycles. The third-order valence-corrected chi connectivity index (χ3v) is 5.17. The van der Waals surface area contributed by atoms with Crippen LogP contribution in [0.1, 0.15) is 31.0 Å². The number of nitrogens with zero attached hydrogens (tertiary/aromatic N) is 2. The molecule has 3 rings (SSSR count). The number of imidazole rings is 1. The predicted octanol–water partition coefficient (Wildman–Crippen LogP) is 4.51. The summed E-state index contributed by atoms with van der Waals surface area (Å²) in [5.41, 5.74) is 0.703. The van der Waals surface area contributed by atoms with Crippen molar-refractivity contribution in [1.82, 2.24) is 9.55 Å². The standard InChI is InChI=1S/C14H15ClF2N2S/c1-8(15)14-18-11-5-4-10(16)12(17)13(11)19(14)7-9-3-2-6-20-9/h4-5,8-9H,2-3,6-7H2,1H3. The Hall–Kier alpha value is -0.810. The fourth-order valence-corrected chi connectivity index (χ4v) is 4.08. The number of benzene rings is 1. The topological polar surface area (TPSA) is 17.8 Å². The van der Waals surface area contributed by atoms with Gasteiger partial charge in [-0.1, -0.05) is 0 Å². The third kappa shape index (κ3) is 2.42. The van der Waals surface area contributed by atoms with Crippen LogP contribution in [-0.4, -0.2) is 20.6 Å². The first kappa shape index (κ1) is 14.1. The summed E-state index contributed by atoms with van der Waals surface area (Å²) in [6, 6.07) is 2.62. The molecule has 1 saturated heterocycles. The van der Waals surface area contributed by atoms with Crippen LogP contribution >= 0.6 is 23.4 Å². The number of hydrogen-bond donors (Lipinski definition) is 0. The normalized spacial score (nSPS) is 20.7. The fourth-order valence-electron chi connectivity index (χ4n) is 2.66. The third-order valence-electron chi connectivity index (χ3n) is 3.60. The van der Waals surface area contributed by atoms with Gasteiger partial charge in [0, 0.05) is 11.8 Å². The van der Waals surface area contributed by atoms with Crippen molar-refractivity contribution in [2.24, 2.45) is 0 Å². The Morgan fingerprint density at radius 1 is 1.50 bits per heavy atom. The van der Waals surface area contributed by atoms with Crippen LogP contribution in [0.4, 0.5) is 8.78 Å². The molecule has 2 atom stereocenters. The lowest BCUT2D eigenvalue weighted by atomic mass is 10.2. The largest absolute Gasteiger partial charge is 0.323 e. The van der Waals surface area contributed by atoms with E-state index in [9.17, 15) is 8.78 Å². The number of alkyl halides is 1. The van der Waals surface area contributed by atoms with Crippen LogP contribution in [0.3, 0.4) is 0 Å². The number of fused-ring (bicyclic) bond motifs is 1. The number of aromatic nitrogens is 2. The molecule has 1 aromatic carbocycles. The molecule has 1 fully saturated rings. The summed E-state index contributed by atoms with van der Waals surface area (Å²) in [5, 5.41) is 0.0838. The van der Waals surface area contributed by atoms with Gasteiger partial charge in [0.2, 0.25) is 0 Å². The molecular weight excluding hydrogens is 302 g/mol. The van der Waals surface area contributed by atoms with E-state index in [0.717, 1.165) is 18.2 Å². The average molecular weight is 317 g/mol. The van der Waals surface area contributed by atoms with Gasteiger partial charge in [0.15, 0.2) is 11.6 Å². The summed E-state index contributed by atoms with van der Waals surface area (Å²) in [7, 11) is 0. The van der Waals surface area contributed by atoms with E-state index < -0.39 is 11.6 Å². The Labute approximate surface area is 125 Å². The maximum atomic E-state index is 14.1. The highest BCUT2D eigenvalue weighted by Crippen LogP contribution is 2.32. The lowest BCUT2D eigenvalue weighted by Crippen LogP contribution is -2.14. The van der Waals surface area contributed by atoms with Gasteiger partial charge in [-0.25, -0.2) is 13.8 Å². The molecule has 0 saturated carbocycles. The van der Waals surface area contributed by atoms with Gasteiger partial charge in [-0.15, -0.1) is 11.6 Å². The highest BCUT2D eigenvalue weighted by Gasteiger charge is 2.24. The Kier molecular flexibility index (Phi) is 3.91. The molecule has 20 heavy (non-hydrogen) atoms. The molecule has 2 aromatic rings. The van der Waals surface area contributed by atoms with Gasteiger partial charge in [-0.2, -0.15) is 11.8 Å². The van der Waals surface area contributed by atoms with Crippen LogP contribution in [0.25, 0.3) is 11.0 Å². The number of hydrogen-bond acceptors (Lipinski definition) is 2. The molecule has 1 aromatic heterocycles. The lowest BCUT2D eigenvalue weighted by Gasteiger charge is -2.15. The minimum absolute atomic E-state index is 0.236. The molecule has 0 amide bonds. The fraction of sp³-hybridized carbons (Fsp3) is 0.500. The lowest BCUT2D eigenvalue weighted by molar-refractivity contribution is 0.508. The van der Waals surface area contributed by atoms with Crippen molar-refractivity contribution in [3.05, 3.63) is 29.6 Å². The quantitative estimate of drug-likeness (QED) is 0.775. The second-order valence-electron chi connectivity index (χ2n) is 5.06. The Balaban J connectivity index is 2.14. The monoisotopic (exact) mass is 316 g/mol. The summed E-state index contributed by atoms with van der Waals surface area (Å²) in [5.74, 6) is 0.0617. The number of halogens is 3. The maximum absolute atomic E-state index is 14.1. The molecule has 2 nitrogen and oxygen atoms in total. The summed E-state index contributed by atoms with van der Waals surface area (Å²) in [6.07, 6.45) is 2.27. The minimum atomic E-state index is -0.841. The second kappa shape index (κ2) is 5.53. The van der Waals surface area contributed by atoms with Crippen molar-refractivity contribution < 1.29 is 8.78 Å². The van der Waals surface area contributed by atoms with Crippen molar-refractivity contribution in [2.75, 3.05) is 5.75 Å². The molecular formula is C14H15ClF2N2S. The van der Waals surface area contributed by atoms with E-state index in [0.29, 0.717) is 23.1 Å². The van der Waals surface area contributed by atoms with Gasteiger partial charge in [0.1, 0.15) is 11.3 Å². The van der Waals surface area contributed by atoms with Crippen molar-refractivity contribution >= 4 is 34.4 Å². The van der Waals surface area contributed by atoms with Crippen LogP contribution < -0.4 is 0 Å². The van der Waals surface area contributed by atoms with Gasteiger partial charge < -0.3 is 4.57 Å².